The molecule has 0 spiro atoms. The van der Waals surface area contributed by atoms with E-state index in [-0.39, 0.29) is 11.8 Å². The summed E-state index contributed by atoms with van der Waals surface area (Å²) in [6.07, 6.45) is 1.33. The Balaban J connectivity index is 2.01. The molecule has 0 fully saturated rings. The molecule has 0 radical (unpaired) electrons. The van der Waals surface area contributed by atoms with Crippen LogP contribution in [0.2, 0.25) is 0 Å². The Morgan fingerprint density at radius 3 is 2.82 bits per heavy atom. The number of para-hydroxylation sites is 1. The number of nitrogens with zero attached hydrogens (tertiary/aromatic N) is 1. The van der Waals surface area contributed by atoms with Crippen molar-refractivity contribution in [2.75, 3.05) is 6.54 Å². The summed E-state index contributed by atoms with van der Waals surface area (Å²) in [5.41, 5.74) is 0.486. The summed E-state index contributed by atoms with van der Waals surface area (Å²) in [7, 11) is 0. The molecule has 1 heterocycles. The molecule has 1 atom stereocenters. The summed E-state index contributed by atoms with van der Waals surface area (Å²) in [5, 5.41) is 23.8. The van der Waals surface area contributed by atoms with Gasteiger partial charge in [0.1, 0.15) is 11.5 Å². The molecule has 0 amide bonds. The molecule has 0 saturated carbocycles. The van der Waals surface area contributed by atoms with E-state index in [0.717, 1.165) is 12.8 Å². The molecule has 6 heteroatoms. The van der Waals surface area contributed by atoms with Gasteiger partial charge in [-0.25, -0.2) is 0 Å². The van der Waals surface area contributed by atoms with E-state index in [9.17, 15) is 15.2 Å². The maximum atomic E-state index is 11.0. The molecule has 0 saturated heterocycles. The highest BCUT2D eigenvalue weighted by Crippen LogP contribution is 2.30. The lowest BCUT2D eigenvalue weighted by atomic mass is 10.1. The Morgan fingerprint density at radius 1 is 1.32 bits per heavy atom. The van der Waals surface area contributed by atoms with Crippen LogP contribution in [0, 0.1) is 10.1 Å². The van der Waals surface area contributed by atoms with Crippen LogP contribution in [0.4, 0.5) is 5.69 Å². The van der Waals surface area contributed by atoms with Crippen molar-refractivity contribution in [1.82, 2.24) is 5.32 Å². The first-order valence-electron chi connectivity index (χ1n) is 7.33. The van der Waals surface area contributed by atoms with Crippen molar-refractivity contribution >= 4 is 5.69 Å². The van der Waals surface area contributed by atoms with Gasteiger partial charge < -0.3 is 14.8 Å². The van der Waals surface area contributed by atoms with Gasteiger partial charge in [0.05, 0.1) is 23.1 Å². The van der Waals surface area contributed by atoms with Crippen LogP contribution in [0.1, 0.15) is 25.5 Å². The first-order valence-corrected chi connectivity index (χ1v) is 7.33. The number of hydrogen-bond acceptors (Lipinski definition) is 5. The van der Waals surface area contributed by atoms with Crippen LogP contribution < -0.4 is 5.32 Å². The summed E-state index contributed by atoms with van der Waals surface area (Å²) >= 11 is 0. The van der Waals surface area contributed by atoms with Gasteiger partial charge in [-0.05, 0) is 24.6 Å². The molecular formula is C16H20N2O4. The predicted octanol–water partition coefficient (Wildman–Crippen LogP) is 3.11. The van der Waals surface area contributed by atoms with Crippen LogP contribution in [0.5, 0.6) is 0 Å². The minimum Gasteiger partial charge on any atom is -0.459 e. The molecule has 1 unspecified atom stereocenters. The second kappa shape index (κ2) is 7.72. The van der Waals surface area contributed by atoms with Crippen molar-refractivity contribution in [3.8, 4) is 11.3 Å². The van der Waals surface area contributed by atoms with Gasteiger partial charge in [0, 0.05) is 12.6 Å². The number of benzene rings is 1. The summed E-state index contributed by atoms with van der Waals surface area (Å²) in [6.45, 7) is 2.99. The van der Waals surface area contributed by atoms with Gasteiger partial charge in [0.15, 0.2) is 0 Å². The lowest BCUT2D eigenvalue weighted by molar-refractivity contribution is -0.384. The fourth-order valence-corrected chi connectivity index (χ4v) is 2.26. The van der Waals surface area contributed by atoms with Crippen LogP contribution >= 0.6 is 0 Å². The molecule has 1 aromatic carbocycles. The highest BCUT2D eigenvalue weighted by molar-refractivity contribution is 5.69. The van der Waals surface area contributed by atoms with Crippen molar-refractivity contribution < 1.29 is 14.4 Å². The molecule has 22 heavy (non-hydrogen) atoms. The van der Waals surface area contributed by atoms with Crippen molar-refractivity contribution in [3.05, 3.63) is 52.3 Å². The van der Waals surface area contributed by atoms with Gasteiger partial charge in [0.2, 0.25) is 0 Å². The van der Waals surface area contributed by atoms with Gasteiger partial charge in [-0.1, -0.05) is 25.5 Å². The Morgan fingerprint density at radius 2 is 2.09 bits per heavy atom. The van der Waals surface area contributed by atoms with E-state index in [1.54, 1.807) is 30.3 Å². The Kier molecular flexibility index (Phi) is 5.68. The van der Waals surface area contributed by atoms with Crippen LogP contribution in [-0.2, 0) is 6.54 Å². The largest absolute Gasteiger partial charge is 0.459 e. The normalized spacial score (nSPS) is 12.3. The molecule has 0 bridgehead atoms. The fourth-order valence-electron chi connectivity index (χ4n) is 2.26. The molecule has 1 aromatic heterocycles. The van der Waals surface area contributed by atoms with E-state index in [1.165, 1.54) is 6.07 Å². The molecule has 0 aliphatic carbocycles. The molecular weight excluding hydrogens is 284 g/mol. The molecule has 2 N–H and O–H groups in total. The second-order valence-electron chi connectivity index (χ2n) is 5.11. The second-order valence-corrected chi connectivity index (χ2v) is 5.11. The van der Waals surface area contributed by atoms with Crippen molar-refractivity contribution in [3.63, 3.8) is 0 Å². The Labute approximate surface area is 128 Å². The topological polar surface area (TPSA) is 88.5 Å². The zero-order valence-corrected chi connectivity index (χ0v) is 12.5. The van der Waals surface area contributed by atoms with Gasteiger partial charge in [-0.3, -0.25) is 10.1 Å². The van der Waals surface area contributed by atoms with E-state index in [2.05, 4.69) is 5.32 Å². The van der Waals surface area contributed by atoms with Crippen LogP contribution in [0.3, 0.4) is 0 Å². The number of furan rings is 1. The lowest BCUT2D eigenvalue weighted by Crippen LogP contribution is -2.25. The first-order chi connectivity index (χ1) is 10.6. The Bertz CT molecular complexity index is 624. The Hall–Kier alpha value is -2.18. The number of nitro benzene ring substituents is 1. The molecule has 2 aromatic rings. The smallest absolute Gasteiger partial charge is 0.280 e. The van der Waals surface area contributed by atoms with Gasteiger partial charge >= 0.3 is 0 Å². The average molecular weight is 304 g/mol. The van der Waals surface area contributed by atoms with Crippen LogP contribution in [0.15, 0.2) is 40.8 Å². The number of nitrogens with one attached hydrogen (secondary N) is 1. The van der Waals surface area contributed by atoms with Crippen LogP contribution in [-0.4, -0.2) is 22.7 Å². The standard InChI is InChI=1S/C16H20N2O4/c1-2-5-12(19)10-17-11-13-8-9-16(22-13)14-6-3-4-7-15(14)18(20)21/h3-4,6-9,12,17,19H,2,5,10-11H2,1H3. The zero-order valence-electron chi connectivity index (χ0n) is 12.5. The van der Waals surface area contributed by atoms with Gasteiger partial charge in [0.25, 0.3) is 5.69 Å². The number of aliphatic hydroxyl groups is 1. The number of rotatable bonds is 8. The molecule has 2 rings (SSSR count). The van der Waals surface area contributed by atoms with Gasteiger partial charge in [-0.2, -0.15) is 0 Å². The number of hydrogen-bond donors (Lipinski definition) is 2. The summed E-state index contributed by atoms with van der Waals surface area (Å²) in [6, 6.07) is 10.00. The van der Waals surface area contributed by atoms with Crippen LogP contribution in [0.25, 0.3) is 11.3 Å². The third-order valence-electron chi connectivity index (χ3n) is 3.33. The third-order valence-corrected chi connectivity index (χ3v) is 3.33. The fraction of sp³-hybridized carbons (Fsp3) is 0.375. The first kappa shape index (κ1) is 16.2. The number of nitro groups is 1. The van der Waals surface area contributed by atoms with Crippen molar-refractivity contribution in [2.24, 2.45) is 0 Å². The quantitative estimate of drug-likeness (QED) is 0.578. The lowest BCUT2D eigenvalue weighted by Gasteiger charge is -2.09. The molecule has 6 nitrogen and oxygen atoms in total. The van der Waals surface area contributed by atoms with E-state index in [0.29, 0.717) is 30.2 Å². The maximum Gasteiger partial charge on any atom is 0.280 e. The molecule has 118 valence electrons. The monoisotopic (exact) mass is 304 g/mol. The summed E-state index contributed by atoms with van der Waals surface area (Å²) in [5.74, 6) is 1.15. The number of aliphatic hydroxyl groups excluding tert-OH is 1. The minimum absolute atomic E-state index is 0.0229. The minimum atomic E-state index is -0.420. The highest BCUT2D eigenvalue weighted by atomic mass is 16.6. The molecule has 0 aliphatic rings. The average Bonchev–Trinajstić information content (AvgIpc) is 2.96. The van der Waals surface area contributed by atoms with E-state index >= 15 is 0 Å². The maximum absolute atomic E-state index is 11.0. The predicted molar refractivity (Wildman–Crippen MR) is 83.4 cm³/mol. The highest BCUT2D eigenvalue weighted by Gasteiger charge is 2.17. The van der Waals surface area contributed by atoms with E-state index in [4.69, 9.17) is 4.42 Å². The third kappa shape index (κ3) is 4.16. The summed E-state index contributed by atoms with van der Waals surface area (Å²) in [4.78, 5) is 10.6. The van der Waals surface area contributed by atoms with E-state index < -0.39 is 4.92 Å². The summed E-state index contributed by atoms with van der Waals surface area (Å²) < 4.78 is 5.65. The van der Waals surface area contributed by atoms with Crippen molar-refractivity contribution in [1.29, 1.82) is 0 Å². The molecule has 0 aliphatic heterocycles. The zero-order chi connectivity index (χ0) is 15.9. The van der Waals surface area contributed by atoms with E-state index in [1.807, 2.05) is 6.92 Å². The van der Waals surface area contributed by atoms with Crippen molar-refractivity contribution in [2.45, 2.75) is 32.4 Å². The SMILES string of the molecule is CCCC(O)CNCc1ccc(-c2ccccc2[N+](=O)[O-])o1. The van der Waals surface area contributed by atoms with Gasteiger partial charge in [-0.15, -0.1) is 0 Å².